The summed E-state index contributed by atoms with van der Waals surface area (Å²) in [6.07, 6.45) is 3.83. The average Bonchev–Trinajstić information content (AvgIpc) is 2.83. The molecule has 2 aliphatic rings. The van der Waals surface area contributed by atoms with Gasteiger partial charge in [-0.15, -0.1) is 0 Å². The largest absolute Gasteiger partial charge is 0.493 e. The first kappa shape index (κ1) is 22.6. The van der Waals surface area contributed by atoms with Crippen molar-refractivity contribution in [1.82, 2.24) is 5.32 Å². The summed E-state index contributed by atoms with van der Waals surface area (Å²) in [5.74, 6) is -0.0769. The molecular weight excluding hydrogens is 418 g/mol. The van der Waals surface area contributed by atoms with E-state index in [1.54, 1.807) is 20.3 Å². The third-order valence-electron chi connectivity index (χ3n) is 6.27. The molecule has 6 nitrogen and oxygen atoms in total. The maximum Gasteiger partial charge on any atom is 0.336 e. The van der Waals surface area contributed by atoms with Crippen molar-refractivity contribution >= 4 is 11.8 Å². The standard InChI is InChI=1S/C27H29NO5/c1-17-24(27(30)33-15-14-18-8-5-4-6-9-18)25(26-20(28-17)10-7-11-21(26)29)19-12-13-22(31-2)23(16-19)32-3/h4-6,8-10,12-13,16,25-26,28H,7,11,14-15H2,1-3H3. The lowest BCUT2D eigenvalue weighted by atomic mass is 9.71. The van der Waals surface area contributed by atoms with Crippen molar-refractivity contribution in [2.75, 3.05) is 20.8 Å². The molecular formula is C27H29NO5. The van der Waals surface area contributed by atoms with Crippen LogP contribution in [-0.4, -0.2) is 32.6 Å². The van der Waals surface area contributed by atoms with Gasteiger partial charge in [0.05, 0.1) is 32.3 Å². The molecule has 2 aromatic rings. The SMILES string of the molecule is COc1ccc(C2C(C(=O)OCCc3ccccc3)=C(C)NC3=CCCC(=O)C32)cc1OC. The molecule has 1 aliphatic heterocycles. The van der Waals surface area contributed by atoms with E-state index in [4.69, 9.17) is 14.2 Å². The number of nitrogens with one attached hydrogen (secondary N) is 1. The van der Waals surface area contributed by atoms with Crippen LogP contribution in [0.5, 0.6) is 11.5 Å². The van der Waals surface area contributed by atoms with Gasteiger partial charge >= 0.3 is 5.97 Å². The van der Waals surface area contributed by atoms with Crippen LogP contribution in [0.1, 0.15) is 36.8 Å². The van der Waals surface area contributed by atoms with E-state index in [1.165, 1.54) is 0 Å². The number of benzene rings is 2. The molecule has 172 valence electrons. The number of allylic oxidation sites excluding steroid dienone is 3. The van der Waals surface area contributed by atoms with Crippen molar-refractivity contribution in [3.8, 4) is 11.5 Å². The van der Waals surface area contributed by atoms with Gasteiger partial charge in [-0.25, -0.2) is 4.79 Å². The molecule has 4 rings (SSSR count). The number of rotatable bonds is 7. The lowest BCUT2D eigenvalue weighted by Crippen LogP contribution is -2.40. The summed E-state index contributed by atoms with van der Waals surface area (Å²) in [7, 11) is 3.15. The van der Waals surface area contributed by atoms with Crippen molar-refractivity contribution in [2.24, 2.45) is 5.92 Å². The summed E-state index contributed by atoms with van der Waals surface area (Å²) in [6, 6.07) is 15.4. The Bertz CT molecular complexity index is 1100. The molecule has 0 radical (unpaired) electrons. The molecule has 0 aromatic heterocycles. The van der Waals surface area contributed by atoms with Gasteiger partial charge in [0, 0.05) is 30.2 Å². The molecule has 1 aliphatic carbocycles. The van der Waals surface area contributed by atoms with Crippen LogP contribution < -0.4 is 14.8 Å². The summed E-state index contributed by atoms with van der Waals surface area (Å²) in [6.45, 7) is 2.12. The number of carbonyl (C=O) groups excluding carboxylic acids is 2. The molecule has 2 unspecified atom stereocenters. The molecule has 0 amide bonds. The van der Waals surface area contributed by atoms with E-state index < -0.39 is 17.8 Å². The van der Waals surface area contributed by atoms with E-state index in [0.717, 1.165) is 16.8 Å². The Morgan fingerprint density at radius 3 is 2.52 bits per heavy atom. The summed E-state index contributed by atoms with van der Waals surface area (Å²) >= 11 is 0. The Morgan fingerprint density at radius 2 is 1.79 bits per heavy atom. The van der Waals surface area contributed by atoms with Gasteiger partial charge in [-0.05, 0) is 36.6 Å². The predicted molar refractivity (Wildman–Crippen MR) is 125 cm³/mol. The second-order valence-corrected chi connectivity index (χ2v) is 8.27. The lowest BCUT2D eigenvalue weighted by molar-refractivity contribution is -0.139. The minimum absolute atomic E-state index is 0.113. The maximum atomic E-state index is 13.3. The van der Waals surface area contributed by atoms with Crippen molar-refractivity contribution in [2.45, 2.75) is 32.1 Å². The topological polar surface area (TPSA) is 73.9 Å². The van der Waals surface area contributed by atoms with E-state index in [-0.39, 0.29) is 12.4 Å². The van der Waals surface area contributed by atoms with Gasteiger partial charge in [0.1, 0.15) is 5.78 Å². The summed E-state index contributed by atoms with van der Waals surface area (Å²) < 4.78 is 16.6. The van der Waals surface area contributed by atoms with Gasteiger partial charge in [-0.3, -0.25) is 4.79 Å². The van der Waals surface area contributed by atoms with E-state index >= 15 is 0 Å². The van der Waals surface area contributed by atoms with Crippen LogP contribution in [0.15, 0.2) is 71.6 Å². The number of hydrogen-bond donors (Lipinski definition) is 1. The fourth-order valence-electron chi connectivity index (χ4n) is 4.67. The number of Topliss-reactive ketones (excluding diaryl/α,β-unsaturated/α-hetero) is 1. The van der Waals surface area contributed by atoms with Crippen molar-refractivity contribution in [3.63, 3.8) is 0 Å². The van der Waals surface area contributed by atoms with Crippen LogP contribution in [0.4, 0.5) is 0 Å². The Hall–Kier alpha value is -3.54. The monoisotopic (exact) mass is 447 g/mol. The van der Waals surface area contributed by atoms with Crippen LogP contribution >= 0.6 is 0 Å². The quantitative estimate of drug-likeness (QED) is 0.638. The van der Waals surface area contributed by atoms with Crippen LogP contribution in [0.25, 0.3) is 0 Å². The van der Waals surface area contributed by atoms with Gasteiger partial charge in [0.15, 0.2) is 11.5 Å². The molecule has 1 N–H and O–H groups in total. The number of methoxy groups -OCH3 is 2. The van der Waals surface area contributed by atoms with E-state index in [1.807, 2.05) is 49.4 Å². The lowest BCUT2D eigenvalue weighted by Gasteiger charge is -2.38. The zero-order valence-electron chi connectivity index (χ0n) is 19.2. The molecule has 0 saturated heterocycles. The highest BCUT2D eigenvalue weighted by Gasteiger charge is 2.43. The fraction of sp³-hybridized carbons (Fsp3) is 0.333. The third-order valence-corrected chi connectivity index (χ3v) is 6.27. The molecule has 6 heteroatoms. The van der Waals surface area contributed by atoms with Gasteiger partial charge in [0.2, 0.25) is 0 Å². The maximum absolute atomic E-state index is 13.3. The summed E-state index contributed by atoms with van der Waals surface area (Å²) in [5, 5.41) is 3.30. The van der Waals surface area contributed by atoms with Crippen LogP contribution in [0.2, 0.25) is 0 Å². The number of ketones is 1. The highest BCUT2D eigenvalue weighted by atomic mass is 16.5. The average molecular weight is 448 g/mol. The normalized spacial score (nSPS) is 19.8. The van der Waals surface area contributed by atoms with Gasteiger partial charge in [-0.1, -0.05) is 42.5 Å². The molecule has 0 fully saturated rings. The first-order valence-electron chi connectivity index (χ1n) is 11.2. The molecule has 2 aromatic carbocycles. The number of ether oxygens (including phenoxy) is 3. The van der Waals surface area contributed by atoms with Crippen molar-refractivity contribution in [1.29, 1.82) is 0 Å². The van der Waals surface area contributed by atoms with Gasteiger partial charge in [-0.2, -0.15) is 0 Å². The number of fused-ring (bicyclic) bond motifs is 1. The second kappa shape index (κ2) is 9.94. The smallest absolute Gasteiger partial charge is 0.336 e. The second-order valence-electron chi connectivity index (χ2n) is 8.27. The van der Waals surface area contributed by atoms with Crippen LogP contribution in [-0.2, 0) is 20.7 Å². The van der Waals surface area contributed by atoms with E-state index in [9.17, 15) is 9.59 Å². The van der Waals surface area contributed by atoms with Crippen molar-refractivity contribution < 1.29 is 23.8 Å². The predicted octanol–water partition coefficient (Wildman–Crippen LogP) is 4.31. The Labute approximate surface area is 194 Å². The number of carbonyl (C=O) groups is 2. The van der Waals surface area contributed by atoms with Gasteiger partial charge < -0.3 is 19.5 Å². The molecule has 0 saturated carbocycles. The molecule has 2 atom stereocenters. The first-order chi connectivity index (χ1) is 16.0. The van der Waals surface area contributed by atoms with E-state index in [0.29, 0.717) is 42.0 Å². The molecule has 1 heterocycles. The Balaban J connectivity index is 1.68. The highest BCUT2D eigenvalue weighted by Crippen LogP contribution is 2.45. The van der Waals surface area contributed by atoms with Crippen LogP contribution in [0, 0.1) is 5.92 Å². The van der Waals surface area contributed by atoms with Gasteiger partial charge in [0.25, 0.3) is 0 Å². The minimum atomic E-state index is -0.464. The van der Waals surface area contributed by atoms with Crippen molar-refractivity contribution in [3.05, 3.63) is 82.7 Å². The fourth-order valence-corrected chi connectivity index (χ4v) is 4.67. The zero-order valence-corrected chi connectivity index (χ0v) is 19.2. The Morgan fingerprint density at radius 1 is 1.03 bits per heavy atom. The molecule has 0 bridgehead atoms. The minimum Gasteiger partial charge on any atom is -0.493 e. The highest BCUT2D eigenvalue weighted by molar-refractivity contribution is 5.96. The molecule has 33 heavy (non-hydrogen) atoms. The third kappa shape index (κ3) is 4.65. The van der Waals surface area contributed by atoms with Crippen LogP contribution in [0.3, 0.4) is 0 Å². The summed E-state index contributed by atoms with van der Waals surface area (Å²) in [5.41, 5.74) is 3.95. The zero-order chi connectivity index (χ0) is 23.4. The summed E-state index contributed by atoms with van der Waals surface area (Å²) in [4.78, 5) is 26.4. The molecule has 0 spiro atoms. The first-order valence-corrected chi connectivity index (χ1v) is 11.2. The number of esters is 1. The number of hydrogen-bond acceptors (Lipinski definition) is 6. The Kier molecular flexibility index (Phi) is 6.82. The van der Waals surface area contributed by atoms with E-state index in [2.05, 4.69) is 11.4 Å².